The number of nitrogens with zero attached hydrogens (tertiary/aromatic N) is 1. The van der Waals surface area contributed by atoms with Crippen LogP contribution in [-0.2, 0) is 21.2 Å². The fraction of sp³-hybridized carbons (Fsp3) is 0.429. The molecule has 6 nitrogen and oxygen atoms in total. The van der Waals surface area contributed by atoms with E-state index in [0.717, 1.165) is 5.56 Å². The second-order valence-corrected chi connectivity index (χ2v) is 9.35. The van der Waals surface area contributed by atoms with Crippen molar-refractivity contribution in [1.29, 1.82) is 0 Å². The summed E-state index contributed by atoms with van der Waals surface area (Å²) in [5.74, 6) is 0.159. The lowest BCUT2D eigenvalue weighted by Gasteiger charge is -2.30. The molecule has 2 aromatic carbocycles. The monoisotopic (exact) mass is 405 g/mol. The minimum atomic E-state index is -3.68. The third-order valence-corrected chi connectivity index (χ3v) is 6.41. The van der Waals surface area contributed by atoms with Crippen molar-refractivity contribution in [3.8, 4) is 0 Å². The number of methoxy groups -OCH3 is 1. The Balaban J connectivity index is 2.22. The molecule has 2 atom stereocenters. The quantitative estimate of drug-likeness (QED) is 0.592. The van der Waals surface area contributed by atoms with Gasteiger partial charge in [-0.3, -0.25) is 0 Å². The summed E-state index contributed by atoms with van der Waals surface area (Å²) in [6.45, 7) is 4.54. The van der Waals surface area contributed by atoms with Crippen molar-refractivity contribution < 1.29 is 13.2 Å². The molecule has 0 heterocycles. The zero-order valence-corrected chi connectivity index (χ0v) is 17.6. The van der Waals surface area contributed by atoms with Gasteiger partial charge >= 0.3 is 0 Å². The van der Waals surface area contributed by atoms with Crippen LogP contribution in [0.15, 0.2) is 59.5 Å². The van der Waals surface area contributed by atoms with Crippen LogP contribution < -0.4 is 11.5 Å². The van der Waals surface area contributed by atoms with Gasteiger partial charge in [-0.1, -0.05) is 44.2 Å². The normalized spacial score (nSPS) is 14.4. The summed E-state index contributed by atoms with van der Waals surface area (Å²) in [5.41, 5.74) is 13.7. The van der Waals surface area contributed by atoms with Crippen LogP contribution in [-0.4, -0.2) is 45.1 Å². The summed E-state index contributed by atoms with van der Waals surface area (Å²) >= 11 is 0. The molecule has 0 aliphatic carbocycles. The number of hydrogen-bond acceptors (Lipinski definition) is 5. The Bertz CT molecular complexity index is 824. The molecule has 0 aromatic heterocycles. The Morgan fingerprint density at radius 2 is 1.61 bits per heavy atom. The second-order valence-electron chi connectivity index (χ2n) is 7.41. The summed E-state index contributed by atoms with van der Waals surface area (Å²) in [5, 5.41) is 0. The van der Waals surface area contributed by atoms with Crippen LogP contribution in [0.5, 0.6) is 0 Å². The molecular formula is C21H31N3O3S. The number of benzene rings is 2. The molecule has 2 aromatic rings. The highest BCUT2D eigenvalue weighted by Crippen LogP contribution is 2.20. The summed E-state index contributed by atoms with van der Waals surface area (Å²) < 4.78 is 33.5. The van der Waals surface area contributed by atoms with E-state index in [1.807, 2.05) is 44.2 Å². The third kappa shape index (κ3) is 6.04. The highest BCUT2D eigenvalue weighted by Gasteiger charge is 2.30. The van der Waals surface area contributed by atoms with Crippen molar-refractivity contribution in [1.82, 2.24) is 4.31 Å². The van der Waals surface area contributed by atoms with E-state index in [2.05, 4.69) is 0 Å². The maximum atomic E-state index is 13.2. The molecule has 0 bridgehead atoms. The van der Waals surface area contributed by atoms with Gasteiger partial charge in [-0.05, 0) is 42.2 Å². The van der Waals surface area contributed by atoms with E-state index in [4.69, 9.17) is 16.2 Å². The third-order valence-electron chi connectivity index (χ3n) is 4.56. The number of nitrogens with two attached hydrogens (primary N) is 2. The standard InChI is InChI=1S/C21H31N3O3S/c1-16(2)14-24(28(25,26)19-11-9-18(22)10-12-19)15-21(27-3)20(23)13-17-7-5-4-6-8-17/h4-12,16,20-21H,13-15,22-23H2,1-3H3/t20-,21+/m0/s1. The zero-order chi connectivity index (χ0) is 20.7. The van der Waals surface area contributed by atoms with E-state index in [0.29, 0.717) is 18.7 Å². The Kier molecular flexibility index (Phi) is 8.00. The van der Waals surface area contributed by atoms with Crippen LogP contribution in [0.4, 0.5) is 5.69 Å². The highest BCUT2D eigenvalue weighted by atomic mass is 32.2. The van der Waals surface area contributed by atoms with Crippen LogP contribution in [0.1, 0.15) is 19.4 Å². The molecule has 7 heteroatoms. The summed E-state index contributed by atoms with van der Waals surface area (Å²) in [4.78, 5) is 0.217. The zero-order valence-electron chi connectivity index (χ0n) is 16.8. The Labute approximate surface area is 168 Å². The lowest BCUT2D eigenvalue weighted by atomic mass is 10.0. The van der Waals surface area contributed by atoms with Crippen LogP contribution in [0.3, 0.4) is 0 Å². The summed E-state index contributed by atoms with van der Waals surface area (Å²) in [6, 6.07) is 15.8. The molecular weight excluding hydrogens is 374 g/mol. The molecule has 4 N–H and O–H groups in total. The van der Waals surface area contributed by atoms with Gasteiger partial charge in [0.15, 0.2) is 0 Å². The Morgan fingerprint density at radius 1 is 1.00 bits per heavy atom. The number of ether oxygens (including phenoxy) is 1. The average Bonchev–Trinajstić information content (AvgIpc) is 2.65. The molecule has 0 amide bonds. The minimum absolute atomic E-state index is 0.159. The summed E-state index contributed by atoms with van der Waals surface area (Å²) in [6.07, 6.45) is 0.180. The van der Waals surface area contributed by atoms with Crippen molar-refractivity contribution in [3.05, 3.63) is 60.2 Å². The van der Waals surface area contributed by atoms with Crippen molar-refractivity contribution in [2.24, 2.45) is 11.7 Å². The largest absolute Gasteiger partial charge is 0.399 e. The molecule has 0 radical (unpaired) electrons. The maximum Gasteiger partial charge on any atom is 0.243 e. The first kappa shape index (κ1) is 22.4. The van der Waals surface area contributed by atoms with E-state index in [9.17, 15) is 8.42 Å². The first-order valence-electron chi connectivity index (χ1n) is 9.42. The van der Waals surface area contributed by atoms with E-state index < -0.39 is 16.1 Å². The Morgan fingerprint density at radius 3 is 2.14 bits per heavy atom. The van der Waals surface area contributed by atoms with Gasteiger partial charge in [0.2, 0.25) is 10.0 Å². The second kappa shape index (κ2) is 10.0. The molecule has 28 heavy (non-hydrogen) atoms. The molecule has 0 saturated carbocycles. The number of sulfonamides is 1. The van der Waals surface area contributed by atoms with E-state index in [1.54, 1.807) is 19.2 Å². The molecule has 0 saturated heterocycles. The number of rotatable bonds is 10. The molecule has 0 aliphatic rings. The fourth-order valence-electron chi connectivity index (χ4n) is 3.07. The van der Waals surface area contributed by atoms with Gasteiger partial charge in [-0.25, -0.2) is 8.42 Å². The van der Waals surface area contributed by atoms with E-state index in [1.165, 1.54) is 16.4 Å². The van der Waals surface area contributed by atoms with Gasteiger partial charge in [0, 0.05) is 31.9 Å². The smallest absolute Gasteiger partial charge is 0.243 e. The van der Waals surface area contributed by atoms with Crippen molar-refractivity contribution in [2.45, 2.75) is 37.3 Å². The first-order chi connectivity index (χ1) is 13.2. The van der Waals surface area contributed by atoms with Crippen molar-refractivity contribution in [3.63, 3.8) is 0 Å². The maximum absolute atomic E-state index is 13.2. The van der Waals surface area contributed by atoms with Crippen LogP contribution in [0, 0.1) is 5.92 Å². The minimum Gasteiger partial charge on any atom is -0.399 e. The first-order valence-corrected chi connectivity index (χ1v) is 10.9. The molecule has 154 valence electrons. The fourth-order valence-corrected chi connectivity index (χ4v) is 4.69. The van der Waals surface area contributed by atoms with Gasteiger partial charge in [0.05, 0.1) is 11.0 Å². The highest BCUT2D eigenvalue weighted by molar-refractivity contribution is 7.89. The molecule has 0 unspecified atom stereocenters. The average molecular weight is 406 g/mol. The van der Waals surface area contributed by atoms with Gasteiger partial charge in [-0.15, -0.1) is 0 Å². The Hall–Kier alpha value is -1.93. The van der Waals surface area contributed by atoms with Gasteiger partial charge in [-0.2, -0.15) is 4.31 Å². The van der Waals surface area contributed by atoms with Gasteiger partial charge < -0.3 is 16.2 Å². The van der Waals surface area contributed by atoms with Crippen LogP contribution >= 0.6 is 0 Å². The number of nitrogen functional groups attached to an aromatic ring is 1. The van der Waals surface area contributed by atoms with Crippen LogP contribution in [0.2, 0.25) is 0 Å². The van der Waals surface area contributed by atoms with E-state index in [-0.39, 0.29) is 23.4 Å². The molecule has 0 aliphatic heterocycles. The van der Waals surface area contributed by atoms with Crippen molar-refractivity contribution in [2.75, 3.05) is 25.9 Å². The molecule has 2 rings (SSSR count). The van der Waals surface area contributed by atoms with Crippen molar-refractivity contribution >= 4 is 15.7 Å². The van der Waals surface area contributed by atoms with Gasteiger partial charge in [0.1, 0.15) is 0 Å². The van der Waals surface area contributed by atoms with Crippen LogP contribution in [0.25, 0.3) is 0 Å². The van der Waals surface area contributed by atoms with Gasteiger partial charge in [0.25, 0.3) is 0 Å². The predicted octanol–water partition coefficient (Wildman–Crippen LogP) is 2.50. The number of hydrogen-bond donors (Lipinski definition) is 2. The molecule has 0 fully saturated rings. The van der Waals surface area contributed by atoms with E-state index >= 15 is 0 Å². The summed E-state index contributed by atoms with van der Waals surface area (Å²) in [7, 11) is -2.11. The lowest BCUT2D eigenvalue weighted by Crippen LogP contribution is -2.48. The predicted molar refractivity (Wildman–Crippen MR) is 113 cm³/mol. The molecule has 0 spiro atoms. The SMILES string of the molecule is CO[C@H](CN(CC(C)C)S(=O)(=O)c1ccc(N)cc1)[C@@H](N)Cc1ccccc1. The topological polar surface area (TPSA) is 98.6 Å². The number of anilines is 1. The lowest BCUT2D eigenvalue weighted by molar-refractivity contribution is 0.0624.